The van der Waals surface area contributed by atoms with Gasteiger partial charge < -0.3 is 9.64 Å². The highest BCUT2D eigenvalue weighted by molar-refractivity contribution is 9.10. The van der Waals surface area contributed by atoms with Crippen molar-refractivity contribution in [3.63, 3.8) is 0 Å². The van der Waals surface area contributed by atoms with E-state index < -0.39 is 0 Å². The number of nitrogens with zero attached hydrogens (tertiary/aromatic N) is 1. The summed E-state index contributed by atoms with van der Waals surface area (Å²) in [6, 6.07) is 8.04. The summed E-state index contributed by atoms with van der Waals surface area (Å²) < 4.78 is 6.30. The molecule has 0 saturated carbocycles. The molecule has 98 valence electrons. The summed E-state index contributed by atoms with van der Waals surface area (Å²) in [6.45, 7) is 2.43. The van der Waals surface area contributed by atoms with Crippen molar-refractivity contribution in [1.29, 1.82) is 0 Å². The summed E-state index contributed by atoms with van der Waals surface area (Å²) >= 11 is 3.39. The fourth-order valence-corrected chi connectivity index (χ4v) is 2.54. The third-order valence-electron chi connectivity index (χ3n) is 3.37. The van der Waals surface area contributed by atoms with Gasteiger partial charge >= 0.3 is 0 Å². The van der Waals surface area contributed by atoms with Crippen LogP contribution < -0.4 is 0 Å². The normalized spacial score (nSPS) is 19.4. The summed E-state index contributed by atoms with van der Waals surface area (Å²) in [5.41, 5.74) is 0.778. The minimum atomic E-state index is 0.196. The highest BCUT2D eigenvalue weighted by atomic mass is 79.9. The van der Waals surface area contributed by atoms with Crippen LogP contribution in [0.25, 0.3) is 0 Å². The van der Waals surface area contributed by atoms with E-state index in [9.17, 15) is 4.79 Å². The number of benzene rings is 1. The molecule has 1 aliphatic heterocycles. The first-order valence-electron chi connectivity index (χ1n) is 6.23. The number of likely N-dealkylation sites (N-methyl/N-ethyl adjacent to an activating group) is 1. The van der Waals surface area contributed by atoms with E-state index in [1.54, 1.807) is 0 Å². The second kappa shape index (κ2) is 6.45. The third-order valence-corrected chi connectivity index (χ3v) is 3.86. The SMILES string of the molecule is CN(CCC(=O)c1cccc(Br)c1)C1CCOC1. The highest BCUT2D eigenvalue weighted by Gasteiger charge is 2.20. The van der Waals surface area contributed by atoms with Crippen molar-refractivity contribution < 1.29 is 9.53 Å². The molecule has 0 bridgehead atoms. The van der Waals surface area contributed by atoms with Gasteiger partial charge in [0.1, 0.15) is 0 Å². The van der Waals surface area contributed by atoms with E-state index in [-0.39, 0.29) is 5.78 Å². The largest absolute Gasteiger partial charge is 0.380 e. The Kier molecular flexibility index (Phi) is 4.92. The Morgan fingerprint density at radius 3 is 3.06 bits per heavy atom. The van der Waals surface area contributed by atoms with Gasteiger partial charge in [-0.3, -0.25) is 4.79 Å². The second-order valence-electron chi connectivity index (χ2n) is 4.68. The first-order valence-corrected chi connectivity index (χ1v) is 7.03. The number of rotatable bonds is 5. The number of hydrogen-bond acceptors (Lipinski definition) is 3. The van der Waals surface area contributed by atoms with E-state index in [2.05, 4.69) is 27.9 Å². The predicted octanol–water partition coefficient (Wildman–Crippen LogP) is 2.74. The number of ketones is 1. The van der Waals surface area contributed by atoms with Gasteiger partial charge in [0.15, 0.2) is 5.78 Å². The summed E-state index contributed by atoms with van der Waals surface area (Å²) in [7, 11) is 2.06. The molecule has 1 fully saturated rings. The standard InChI is InChI=1S/C14H18BrNO2/c1-16(13-6-8-18-10-13)7-5-14(17)11-3-2-4-12(15)9-11/h2-4,9,13H,5-8,10H2,1H3. The van der Waals surface area contributed by atoms with Gasteiger partial charge in [-0.1, -0.05) is 28.1 Å². The zero-order chi connectivity index (χ0) is 13.0. The Morgan fingerprint density at radius 2 is 2.39 bits per heavy atom. The van der Waals surface area contributed by atoms with E-state index in [1.807, 2.05) is 24.3 Å². The number of Topliss-reactive ketones (excluding diaryl/α,β-unsaturated/α-hetero) is 1. The summed E-state index contributed by atoms with van der Waals surface area (Å²) in [4.78, 5) is 14.3. The van der Waals surface area contributed by atoms with Crippen molar-refractivity contribution in [3.8, 4) is 0 Å². The number of carbonyl (C=O) groups excluding carboxylic acids is 1. The molecule has 2 rings (SSSR count). The Bertz CT molecular complexity index is 416. The molecule has 0 N–H and O–H groups in total. The quantitative estimate of drug-likeness (QED) is 0.783. The van der Waals surface area contributed by atoms with Crippen molar-refractivity contribution in [1.82, 2.24) is 4.90 Å². The summed E-state index contributed by atoms with van der Waals surface area (Å²) in [6.07, 6.45) is 1.63. The Morgan fingerprint density at radius 1 is 1.56 bits per heavy atom. The molecule has 4 heteroatoms. The molecule has 0 aromatic heterocycles. The molecule has 0 spiro atoms. The lowest BCUT2D eigenvalue weighted by atomic mass is 10.1. The maximum absolute atomic E-state index is 12.0. The van der Waals surface area contributed by atoms with E-state index in [0.717, 1.165) is 36.2 Å². The molecule has 1 aromatic carbocycles. The molecule has 1 aromatic rings. The van der Waals surface area contributed by atoms with E-state index >= 15 is 0 Å². The smallest absolute Gasteiger partial charge is 0.164 e. The predicted molar refractivity (Wildman–Crippen MR) is 74.9 cm³/mol. The fraction of sp³-hybridized carbons (Fsp3) is 0.500. The number of halogens is 1. The van der Waals surface area contributed by atoms with Crippen molar-refractivity contribution in [2.75, 3.05) is 26.8 Å². The Hall–Kier alpha value is -0.710. The van der Waals surface area contributed by atoms with Crippen molar-refractivity contribution in [2.45, 2.75) is 18.9 Å². The van der Waals surface area contributed by atoms with Crippen LogP contribution in [0.3, 0.4) is 0 Å². The third kappa shape index (κ3) is 3.64. The lowest BCUT2D eigenvalue weighted by Gasteiger charge is -2.22. The summed E-state index contributed by atoms with van der Waals surface area (Å²) in [5.74, 6) is 0.196. The molecule has 3 nitrogen and oxygen atoms in total. The lowest BCUT2D eigenvalue weighted by molar-refractivity contribution is 0.0954. The molecule has 1 aliphatic rings. The second-order valence-corrected chi connectivity index (χ2v) is 5.60. The van der Waals surface area contributed by atoms with Gasteiger partial charge in [0, 0.05) is 35.7 Å². The average molecular weight is 312 g/mol. The molecule has 1 heterocycles. The minimum Gasteiger partial charge on any atom is -0.380 e. The van der Waals surface area contributed by atoms with Gasteiger partial charge in [-0.05, 0) is 25.6 Å². The van der Waals surface area contributed by atoms with Crippen LogP contribution in [0, 0.1) is 0 Å². The summed E-state index contributed by atoms with van der Waals surface area (Å²) in [5, 5.41) is 0. The molecule has 18 heavy (non-hydrogen) atoms. The first kappa shape index (κ1) is 13.7. The molecule has 0 aliphatic carbocycles. The van der Waals surface area contributed by atoms with Gasteiger partial charge in [0.05, 0.1) is 6.61 Å². The Balaban J connectivity index is 1.84. The van der Waals surface area contributed by atoms with Crippen LogP contribution in [0.5, 0.6) is 0 Å². The molecule has 1 saturated heterocycles. The molecule has 1 atom stereocenters. The number of ether oxygens (including phenoxy) is 1. The first-order chi connectivity index (χ1) is 8.66. The van der Waals surface area contributed by atoms with Gasteiger partial charge in [-0.25, -0.2) is 0 Å². The van der Waals surface area contributed by atoms with Gasteiger partial charge in [-0.15, -0.1) is 0 Å². The average Bonchev–Trinajstić information content (AvgIpc) is 2.89. The number of hydrogen-bond donors (Lipinski definition) is 0. The Labute approximate surface area is 116 Å². The van der Waals surface area contributed by atoms with E-state index in [0.29, 0.717) is 12.5 Å². The van der Waals surface area contributed by atoms with Gasteiger partial charge in [0.25, 0.3) is 0 Å². The number of carbonyl (C=O) groups is 1. The van der Waals surface area contributed by atoms with Crippen molar-refractivity contribution in [3.05, 3.63) is 34.3 Å². The van der Waals surface area contributed by atoms with Crippen molar-refractivity contribution >= 4 is 21.7 Å². The van der Waals surface area contributed by atoms with Gasteiger partial charge in [-0.2, -0.15) is 0 Å². The molecule has 0 radical (unpaired) electrons. The molecule has 1 unspecified atom stereocenters. The van der Waals surface area contributed by atoms with Crippen LogP contribution in [0.15, 0.2) is 28.7 Å². The zero-order valence-electron chi connectivity index (χ0n) is 10.6. The van der Waals surface area contributed by atoms with Crippen molar-refractivity contribution in [2.24, 2.45) is 0 Å². The van der Waals surface area contributed by atoms with Crippen LogP contribution in [0.4, 0.5) is 0 Å². The molecular formula is C14H18BrNO2. The van der Waals surface area contributed by atoms with Crippen LogP contribution in [0.2, 0.25) is 0 Å². The van der Waals surface area contributed by atoms with E-state index in [4.69, 9.17) is 4.74 Å². The monoisotopic (exact) mass is 311 g/mol. The maximum atomic E-state index is 12.0. The topological polar surface area (TPSA) is 29.5 Å². The van der Waals surface area contributed by atoms with Gasteiger partial charge in [0.2, 0.25) is 0 Å². The van der Waals surface area contributed by atoms with E-state index in [1.165, 1.54) is 0 Å². The fourth-order valence-electron chi connectivity index (χ4n) is 2.14. The van der Waals surface area contributed by atoms with Crippen LogP contribution in [-0.2, 0) is 4.74 Å². The molecular weight excluding hydrogens is 294 g/mol. The molecule has 0 amide bonds. The minimum absolute atomic E-state index is 0.196. The maximum Gasteiger partial charge on any atom is 0.164 e. The zero-order valence-corrected chi connectivity index (χ0v) is 12.1. The van der Waals surface area contributed by atoms with Crippen LogP contribution >= 0.6 is 15.9 Å². The van der Waals surface area contributed by atoms with Crippen LogP contribution in [0.1, 0.15) is 23.2 Å². The highest BCUT2D eigenvalue weighted by Crippen LogP contribution is 2.15. The van der Waals surface area contributed by atoms with Crippen LogP contribution in [-0.4, -0.2) is 43.5 Å². The lowest BCUT2D eigenvalue weighted by Crippen LogP contribution is -2.33.